The molecule has 0 bridgehead atoms. The summed E-state index contributed by atoms with van der Waals surface area (Å²) in [5.74, 6) is -0.394. The van der Waals surface area contributed by atoms with Crippen LogP contribution in [0.15, 0.2) is 42.5 Å². The van der Waals surface area contributed by atoms with Crippen molar-refractivity contribution in [1.82, 2.24) is 0 Å². The Labute approximate surface area is 151 Å². The minimum Gasteiger partial charge on any atom is -0.493 e. The molecule has 0 fully saturated rings. The summed E-state index contributed by atoms with van der Waals surface area (Å²) in [5.41, 5.74) is 0.913. The van der Waals surface area contributed by atoms with Gasteiger partial charge in [-0.3, -0.25) is 4.79 Å². The summed E-state index contributed by atoms with van der Waals surface area (Å²) in [5, 5.41) is 9.14. The summed E-state index contributed by atoms with van der Waals surface area (Å²) >= 11 is 0. The molecule has 0 heterocycles. The molecule has 138 valence electrons. The number of rotatable bonds is 8. The third kappa shape index (κ3) is 4.31. The van der Waals surface area contributed by atoms with Crippen LogP contribution in [-0.2, 0) is 4.74 Å². The van der Waals surface area contributed by atoms with Crippen molar-refractivity contribution in [2.24, 2.45) is 0 Å². The van der Waals surface area contributed by atoms with Crippen LogP contribution in [0.4, 0.5) is 5.69 Å². The minimum atomic E-state index is -1.09. The molecule has 0 aliphatic carbocycles. The molecule has 0 saturated heterocycles. The molecule has 0 saturated carbocycles. The first-order valence-corrected chi connectivity index (χ1v) is 7.88. The van der Waals surface area contributed by atoms with E-state index in [1.165, 1.54) is 31.3 Å². The van der Waals surface area contributed by atoms with Gasteiger partial charge >= 0.3 is 5.97 Å². The Hall–Kier alpha value is -3.06. The lowest BCUT2D eigenvalue weighted by Gasteiger charge is -2.24. The lowest BCUT2D eigenvalue weighted by Crippen LogP contribution is -2.34. The van der Waals surface area contributed by atoms with Crippen LogP contribution in [0.5, 0.6) is 11.5 Å². The summed E-state index contributed by atoms with van der Waals surface area (Å²) < 4.78 is 15.6. The molecular weight excluding hydrogens is 338 g/mol. The number of hydrogen-bond acceptors (Lipinski definition) is 5. The Morgan fingerprint density at radius 2 is 1.65 bits per heavy atom. The van der Waals surface area contributed by atoms with E-state index in [2.05, 4.69) is 0 Å². The van der Waals surface area contributed by atoms with Gasteiger partial charge in [-0.15, -0.1) is 0 Å². The standard InChI is InChI=1S/C19H21NO6/c1-24-10-9-20(15-7-8-16(25-2)17(12-15)26-3)18(21)13-5-4-6-14(11-13)19(22)23/h4-8,11-12H,9-10H2,1-3H3,(H,22,23). The fourth-order valence-electron chi connectivity index (χ4n) is 2.46. The van der Waals surface area contributed by atoms with Crippen LogP contribution in [-0.4, -0.2) is 51.5 Å². The monoisotopic (exact) mass is 359 g/mol. The van der Waals surface area contributed by atoms with Gasteiger partial charge in [-0.25, -0.2) is 4.79 Å². The fraction of sp³-hybridized carbons (Fsp3) is 0.263. The Balaban J connectivity index is 2.42. The maximum absolute atomic E-state index is 13.0. The zero-order valence-corrected chi connectivity index (χ0v) is 14.9. The van der Waals surface area contributed by atoms with Crippen molar-refractivity contribution in [2.45, 2.75) is 0 Å². The highest BCUT2D eigenvalue weighted by atomic mass is 16.5. The average molecular weight is 359 g/mol. The van der Waals surface area contributed by atoms with Gasteiger partial charge in [0.2, 0.25) is 0 Å². The van der Waals surface area contributed by atoms with Crippen LogP contribution < -0.4 is 14.4 Å². The normalized spacial score (nSPS) is 10.3. The second-order valence-corrected chi connectivity index (χ2v) is 5.37. The number of benzene rings is 2. The van der Waals surface area contributed by atoms with E-state index in [1.54, 1.807) is 37.4 Å². The first-order chi connectivity index (χ1) is 12.5. The molecule has 2 rings (SSSR count). The van der Waals surface area contributed by atoms with E-state index in [4.69, 9.17) is 19.3 Å². The number of ether oxygens (including phenoxy) is 3. The largest absolute Gasteiger partial charge is 0.493 e. The Morgan fingerprint density at radius 3 is 2.27 bits per heavy atom. The van der Waals surface area contributed by atoms with Crippen molar-refractivity contribution < 1.29 is 28.9 Å². The van der Waals surface area contributed by atoms with Crippen molar-refractivity contribution in [1.29, 1.82) is 0 Å². The first kappa shape index (κ1) is 19.3. The van der Waals surface area contributed by atoms with Gasteiger partial charge in [-0.1, -0.05) is 6.07 Å². The molecule has 0 aliphatic rings. The molecule has 0 atom stereocenters. The third-order valence-corrected chi connectivity index (χ3v) is 3.80. The van der Waals surface area contributed by atoms with E-state index in [0.717, 1.165) is 0 Å². The lowest BCUT2D eigenvalue weighted by atomic mass is 10.1. The molecule has 0 unspecified atom stereocenters. The van der Waals surface area contributed by atoms with Crippen molar-refractivity contribution >= 4 is 17.6 Å². The van der Waals surface area contributed by atoms with Crippen LogP contribution in [0, 0.1) is 0 Å². The van der Waals surface area contributed by atoms with Crippen LogP contribution in [0.2, 0.25) is 0 Å². The second-order valence-electron chi connectivity index (χ2n) is 5.37. The molecule has 1 N–H and O–H groups in total. The Kier molecular flexibility index (Phi) is 6.57. The molecule has 0 aromatic heterocycles. The Bertz CT molecular complexity index is 789. The van der Waals surface area contributed by atoms with Gasteiger partial charge in [-0.2, -0.15) is 0 Å². The molecule has 7 heteroatoms. The number of carbonyl (C=O) groups excluding carboxylic acids is 1. The van der Waals surface area contributed by atoms with Crippen molar-refractivity contribution in [3.8, 4) is 11.5 Å². The van der Waals surface area contributed by atoms with Gasteiger partial charge < -0.3 is 24.2 Å². The molecule has 0 aliphatic heterocycles. The van der Waals surface area contributed by atoms with E-state index >= 15 is 0 Å². The van der Waals surface area contributed by atoms with Gasteiger partial charge in [0.1, 0.15) is 0 Å². The zero-order chi connectivity index (χ0) is 19.1. The number of anilines is 1. The van der Waals surface area contributed by atoms with E-state index in [0.29, 0.717) is 30.3 Å². The molecule has 0 spiro atoms. The lowest BCUT2D eigenvalue weighted by molar-refractivity contribution is 0.0697. The van der Waals surface area contributed by atoms with Gasteiger partial charge in [0, 0.05) is 31.0 Å². The predicted molar refractivity (Wildman–Crippen MR) is 96.5 cm³/mol. The third-order valence-electron chi connectivity index (χ3n) is 3.80. The highest BCUT2D eigenvalue weighted by molar-refractivity contribution is 6.07. The highest BCUT2D eigenvalue weighted by Gasteiger charge is 2.20. The molecule has 0 radical (unpaired) electrons. The topological polar surface area (TPSA) is 85.3 Å². The Morgan fingerprint density at radius 1 is 0.962 bits per heavy atom. The van der Waals surface area contributed by atoms with E-state index in [9.17, 15) is 9.59 Å². The molecule has 26 heavy (non-hydrogen) atoms. The number of carboxylic acids is 1. The SMILES string of the molecule is COCCN(C(=O)c1cccc(C(=O)O)c1)c1ccc(OC)c(OC)c1. The van der Waals surface area contributed by atoms with Gasteiger partial charge in [-0.05, 0) is 30.3 Å². The minimum absolute atomic E-state index is 0.0508. The second kappa shape index (κ2) is 8.87. The zero-order valence-electron chi connectivity index (χ0n) is 14.9. The van der Waals surface area contributed by atoms with Gasteiger partial charge in [0.25, 0.3) is 5.91 Å². The van der Waals surface area contributed by atoms with E-state index < -0.39 is 5.97 Å². The van der Waals surface area contributed by atoms with Crippen LogP contribution in [0.1, 0.15) is 20.7 Å². The summed E-state index contributed by atoms with van der Waals surface area (Å²) in [6, 6.07) is 11.0. The van der Waals surface area contributed by atoms with Crippen LogP contribution >= 0.6 is 0 Å². The van der Waals surface area contributed by atoms with E-state index in [-0.39, 0.29) is 17.0 Å². The van der Waals surface area contributed by atoms with E-state index in [1.807, 2.05) is 0 Å². The van der Waals surface area contributed by atoms with Gasteiger partial charge in [0.05, 0.1) is 26.4 Å². The number of nitrogens with zero attached hydrogens (tertiary/aromatic N) is 1. The van der Waals surface area contributed by atoms with Crippen LogP contribution in [0.3, 0.4) is 0 Å². The van der Waals surface area contributed by atoms with Crippen molar-refractivity contribution in [2.75, 3.05) is 39.4 Å². The van der Waals surface area contributed by atoms with Crippen LogP contribution in [0.25, 0.3) is 0 Å². The predicted octanol–water partition coefficient (Wildman–Crippen LogP) is 2.70. The molecule has 2 aromatic rings. The number of methoxy groups -OCH3 is 3. The summed E-state index contributed by atoms with van der Waals surface area (Å²) in [4.78, 5) is 25.7. The summed E-state index contributed by atoms with van der Waals surface area (Å²) in [6.45, 7) is 0.612. The fourth-order valence-corrected chi connectivity index (χ4v) is 2.46. The number of carboxylic acid groups (broad SMARTS) is 1. The smallest absolute Gasteiger partial charge is 0.335 e. The maximum atomic E-state index is 13.0. The summed E-state index contributed by atoms with van der Waals surface area (Å²) in [6.07, 6.45) is 0. The number of carbonyl (C=O) groups is 2. The van der Waals surface area contributed by atoms with Crippen molar-refractivity contribution in [3.63, 3.8) is 0 Å². The molecule has 2 aromatic carbocycles. The maximum Gasteiger partial charge on any atom is 0.335 e. The molecular formula is C19H21NO6. The molecule has 1 amide bonds. The quantitative estimate of drug-likeness (QED) is 0.780. The number of amides is 1. The van der Waals surface area contributed by atoms with Gasteiger partial charge in [0.15, 0.2) is 11.5 Å². The molecule has 7 nitrogen and oxygen atoms in total. The first-order valence-electron chi connectivity index (χ1n) is 7.88. The number of aromatic carboxylic acids is 1. The average Bonchev–Trinajstić information content (AvgIpc) is 2.67. The summed E-state index contributed by atoms with van der Waals surface area (Å²) in [7, 11) is 4.59. The van der Waals surface area contributed by atoms with Crippen molar-refractivity contribution in [3.05, 3.63) is 53.6 Å². The highest BCUT2D eigenvalue weighted by Crippen LogP contribution is 2.32. The number of hydrogen-bond donors (Lipinski definition) is 1.